The minimum atomic E-state index is 0.230. The number of hydrogen-bond acceptors (Lipinski definition) is 2. The molecule has 2 N–H and O–H groups in total. The molecule has 1 saturated carbocycles. The lowest BCUT2D eigenvalue weighted by atomic mass is 9.91. The first-order valence-electron chi connectivity index (χ1n) is 5.65. The van der Waals surface area contributed by atoms with E-state index in [9.17, 15) is 0 Å². The predicted molar refractivity (Wildman–Crippen MR) is 62.7 cm³/mol. The molecule has 1 aliphatic rings. The van der Waals surface area contributed by atoms with E-state index in [0.717, 1.165) is 12.2 Å². The van der Waals surface area contributed by atoms with Crippen molar-refractivity contribution in [2.75, 3.05) is 5.73 Å². The van der Waals surface area contributed by atoms with Crippen LogP contribution in [0.4, 0.5) is 5.82 Å². The van der Waals surface area contributed by atoms with E-state index >= 15 is 0 Å². The molecule has 0 amide bonds. The first kappa shape index (κ1) is 10.5. The smallest absolute Gasteiger partial charge is 0.124 e. The normalized spacial score (nSPS) is 28.1. The highest BCUT2D eigenvalue weighted by Gasteiger charge is 2.60. The van der Waals surface area contributed by atoms with E-state index < -0.39 is 0 Å². The van der Waals surface area contributed by atoms with Gasteiger partial charge in [0, 0.05) is 18.0 Å². The van der Waals surface area contributed by atoms with E-state index in [1.165, 1.54) is 17.7 Å². The molecule has 0 aliphatic heterocycles. The lowest BCUT2D eigenvalue weighted by Gasteiger charge is -2.13. The molecule has 0 saturated heterocycles. The van der Waals surface area contributed by atoms with Gasteiger partial charge in [-0.05, 0) is 18.3 Å². The van der Waals surface area contributed by atoms with Crippen LogP contribution in [0.1, 0.15) is 45.4 Å². The second kappa shape index (κ2) is 2.77. The third-order valence-corrected chi connectivity index (χ3v) is 4.23. The molecule has 3 heteroatoms. The molecule has 0 spiro atoms. The summed E-state index contributed by atoms with van der Waals surface area (Å²) in [6.07, 6.45) is 2.18. The average Bonchev–Trinajstić information content (AvgIpc) is 2.49. The second-order valence-electron chi connectivity index (χ2n) is 5.58. The molecule has 1 fully saturated rings. The number of nitrogen functional groups attached to an aromatic ring is 1. The quantitative estimate of drug-likeness (QED) is 0.808. The van der Waals surface area contributed by atoms with E-state index in [1.54, 1.807) is 0 Å². The number of anilines is 1. The van der Waals surface area contributed by atoms with E-state index in [2.05, 4.69) is 32.8 Å². The van der Waals surface area contributed by atoms with Crippen LogP contribution >= 0.6 is 0 Å². The van der Waals surface area contributed by atoms with Gasteiger partial charge in [0.05, 0.1) is 5.69 Å². The summed E-state index contributed by atoms with van der Waals surface area (Å²) >= 11 is 0. The van der Waals surface area contributed by atoms with Crippen molar-refractivity contribution in [2.45, 2.75) is 46.0 Å². The Hall–Kier alpha value is -0.990. The van der Waals surface area contributed by atoms with Gasteiger partial charge in [-0.1, -0.05) is 27.7 Å². The van der Waals surface area contributed by atoms with Crippen molar-refractivity contribution in [1.82, 2.24) is 9.78 Å². The molecule has 0 radical (unpaired) electrons. The zero-order valence-electron chi connectivity index (χ0n) is 10.4. The van der Waals surface area contributed by atoms with Crippen molar-refractivity contribution in [1.29, 1.82) is 0 Å². The molecule has 0 bridgehead atoms. The van der Waals surface area contributed by atoms with Gasteiger partial charge in [-0.2, -0.15) is 5.10 Å². The van der Waals surface area contributed by atoms with Crippen LogP contribution < -0.4 is 5.73 Å². The number of aryl methyl sites for hydroxylation is 1. The van der Waals surface area contributed by atoms with Gasteiger partial charge in [0.1, 0.15) is 5.82 Å². The topological polar surface area (TPSA) is 43.8 Å². The maximum absolute atomic E-state index is 6.03. The van der Waals surface area contributed by atoms with Crippen LogP contribution in [0.5, 0.6) is 0 Å². The molecule has 1 heterocycles. The Kier molecular flexibility index (Phi) is 1.95. The Morgan fingerprint density at radius 3 is 2.33 bits per heavy atom. The summed E-state index contributed by atoms with van der Waals surface area (Å²) in [4.78, 5) is 0. The molecule has 3 nitrogen and oxygen atoms in total. The van der Waals surface area contributed by atoms with Gasteiger partial charge in [0.25, 0.3) is 0 Å². The van der Waals surface area contributed by atoms with E-state index in [1.807, 2.05) is 11.7 Å². The van der Waals surface area contributed by atoms with Crippen LogP contribution in [0.25, 0.3) is 0 Å². The molecule has 1 aromatic rings. The molecule has 0 aromatic carbocycles. The second-order valence-corrected chi connectivity index (χ2v) is 5.58. The standard InChI is InChI=1S/C12H21N3/c1-6-8-9(14-15(5)10(8)13)12(4)7-11(12,2)3/h6-7,13H2,1-5H3. The lowest BCUT2D eigenvalue weighted by molar-refractivity contribution is 0.510. The molecular formula is C12H21N3. The van der Waals surface area contributed by atoms with Crippen LogP contribution in [-0.4, -0.2) is 9.78 Å². The fourth-order valence-corrected chi connectivity index (χ4v) is 2.62. The molecule has 1 unspecified atom stereocenters. The third-order valence-electron chi connectivity index (χ3n) is 4.23. The number of aromatic nitrogens is 2. The maximum Gasteiger partial charge on any atom is 0.124 e. The maximum atomic E-state index is 6.03. The molecule has 1 aliphatic carbocycles. The van der Waals surface area contributed by atoms with Gasteiger partial charge < -0.3 is 5.73 Å². The Bertz CT molecular complexity index is 403. The van der Waals surface area contributed by atoms with Gasteiger partial charge in [0.15, 0.2) is 0 Å². The first-order valence-corrected chi connectivity index (χ1v) is 5.65. The van der Waals surface area contributed by atoms with Crippen molar-refractivity contribution < 1.29 is 0 Å². The molecule has 2 rings (SSSR count). The van der Waals surface area contributed by atoms with Crippen molar-refractivity contribution >= 4 is 5.82 Å². The summed E-state index contributed by atoms with van der Waals surface area (Å²) in [5.41, 5.74) is 9.09. The van der Waals surface area contributed by atoms with Gasteiger partial charge in [-0.25, -0.2) is 0 Å². The van der Waals surface area contributed by atoms with Crippen LogP contribution in [0.15, 0.2) is 0 Å². The van der Waals surface area contributed by atoms with Gasteiger partial charge in [-0.3, -0.25) is 4.68 Å². The van der Waals surface area contributed by atoms with Crippen LogP contribution in [0, 0.1) is 5.41 Å². The fraction of sp³-hybridized carbons (Fsp3) is 0.750. The Morgan fingerprint density at radius 1 is 1.40 bits per heavy atom. The van der Waals surface area contributed by atoms with Crippen LogP contribution in [-0.2, 0) is 18.9 Å². The SMILES string of the molecule is CCc1c(C2(C)CC2(C)C)nn(C)c1N. The Balaban J connectivity index is 2.51. The van der Waals surface area contributed by atoms with Gasteiger partial charge in [-0.15, -0.1) is 0 Å². The summed E-state index contributed by atoms with van der Waals surface area (Å²) in [7, 11) is 1.93. The highest BCUT2D eigenvalue weighted by Crippen LogP contribution is 2.64. The number of rotatable bonds is 2. The summed E-state index contributed by atoms with van der Waals surface area (Å²) in [5, 5.41) is 4.60. The van der Waals surface area contributed by atoms with Gasteiger partial charge >= 0.3 is 0 Å². The van der Waals surface area contributed by atoms with Crippen LogP contribution in [0.2, 0.25) is 0 Å². The number of nitrogens with zero attached hydrogens (tertiary/aromatic N) is 2. The van der Waals surface area contributed by atoms with E-state index in [4.69, 9.17) is 5.73 Å². The van der Waals surface area contributed by atoms with Crippen molar-refractivity contribution in [2.24, 2.45) is 12.5 Å². The van der Waals surface area contributed by atoms with E-state index in [0.29, 0.717) is 5.41 Å². The predicted octanol–water partition coefficient (Wildman–Crippen LogP) is 2.25. The summed E-state index contributed by atoms with van der Waals surface area (Å²) in [6.45, 7) is 9.05. The lowest BCUT2D eigenvalue weighted by Crippen LogP contribution is -2.12. The highest BCUT2D eigenvalue weighted by molar-refractivity contribution is 5.49. The highest BCUT2D eigenvalue weighted by atomic mass is 15.3. The zero-order chi connectivity index (χ0) is 11.4. The van der Waals surface area contributed by atoms with Crippen molar-refractivity contribution in [3.63, 3.8) is 0 Å². The summed E-state index contributed by atoms with van der Waals surface area (Å²) < 4.78 is 1.81. The number of nitrogens with two attached hydrogens (primary N) is 1. The summed E-state index contributed by atoms with van der Waals surface area (Å²) in [6, 6.07) is 0. The van der Waals surface area contributed by atoms with Crippen LogP contribution in [0.3, 0.4) is 0 Å². The van der Waals surface area contributed by atoms with Crippen molar-refractivity contribution in [3.8, 4) is 0 Å². The van der Waals surface area contributed by atoms with Crippen molar-refractivity contribution in [3.05, 3.63) is 11.3 Å². The molecular weight excluding hydrogens is 186 g/mol. The molecule has 84 valence electrons. The molecule has 1 aromatic heterocycles. The Labute approximate surface area is 91.7 Å². The zero-order valence-corrected chi connectivity index (χ0v) is 10.4. The largest absolute Gasteiger partial charge is 0.384 e. The molecule has 1 atom stereocenters. The third kappa shape index (κ3) is 1.22. The minimum absolute atomic E-state index is 0.230. The molecule has 15 heavy (non-hydrogen) atoms. The Morgan fingerprint density at radius 2 is 1.93 bits per heavy atom. The summed E-state index contributed by atoms with van der Waals surface area (Å²) in [5.74, 6) is 0.830. The monoisotopic (exact) mass is 207 g/mol. The first-order chi connectivity index (χ1) is 6.83. The fourth-order valence-electron chi connectivity index (χ4n) is 2.62. The minimum Gasteiger partial charge on any atom is -0.384 e. The van der Waals surface area contributed by atoms with E-state index in [-0.39, 0.29) is 5.41 Å². The van der Waals surface area contributed by atoms with Gasteiger partial charge in [0.2, 0.25) is 0 Å². The number of hydrogen-bond donors (Lipinski definition) is 1. The average molecular weight is 207 g/mol.